The average molecular weight is 255 g/mol. The lowest BCUT2D eigenvalue weighted by Gasteiger charge is -2.27. The van der Waals surface area contributed by atoms with Gasteiger partial charge in [0.1, 0.15) is 5.54 Å². The molecule has 18 heavy (non-hydrogen) atoms. The monoisotopic (exact) mass is 255 g/mol. The lowest BCUT2D eigenvalue weighted by molar-refractivity contribution is -0.384. The van der Waals surface area contributed by atoms with E-state index in [9.17, 15) is 19.3 Å². The molecule has 98 valence electrons. The second kappa shape index (κ2) is 4.99. The Hall–Kier alpha value is -2.18. The molecule has 0 spiro atoms. The summed E-state index contributed by atoms with van der Waals surface area (Å²) in [4.78, 5) is 21.4. The lowest BCUT2D eigenvalue weighted by atomic mass is 9.97. The van der Waals surface area contributed by atoms with Crippen molar-refractivity contribution in [3.05, 3.63) is 34.1 Å². The van der Waals surface area contributed by atoms with Crippen LogP contribution >= 0.6 is 0 Å². The van der Waals surface area contributed by atoms with E-state index in [-0.39, 0.29) is 12.1 Å². The third kappa shape index (κ3) is 2.55. The van der Waals surface area contributed by atoms with Gasteiger partial charge in [0.2, 0.25) is 5.91 Å². The zero-order valence-electron chi connectivity index (χ0n) is 10.1. The molecule has 1 aromatic carbocycles. The molecule has 0 radical (unpaired) electrons. The van der Waals surface area contributed by atoms with Gasteiger partial charge in [-0.1, -0.05) is 13.0 Å². The molecule has 0 aliphatic heterocycles. The molecular weight excluding hydrogens is 241 g/mol. The van der Waals surface area contributed by atoms with Crippen LogP contribution in [0.5, 0.6) is 0 Å². The van der Waals surface area contributed by atoms with Gasteiger partial charge >= 0.3 is 0 Å². The van der Waals surface area contributed by atoms with Gasteiger partial charge in [-0.2, -0.15) is 0 Å². The number of nitro benzene ring substituents is 1. The van der Waals surface area contributed by atoms with Gasteiger partial charge in [-0.3, -0.25) is 14.9 Å². The fourth-order valence-corrected chi connectivity index (χ4v) is 1.39. The molecule has 0 saturated carbocycles. The summed E-state index contributed by atoms with van der Waals surface area (Å²) in [7, 11) is 0. The summed E-state index contributed by atoms with van der Waals surface area (Å²) < 4.78 is 13.6. The largest absolute Gasteiger partial charge is 0.368 e. The number of para-hydroxylation sites is 1. The fourth-order valence-electron chi connectivity index (χ4n) is 1.39. The van der Waals surface area contributed by atoms with Crippen molar-refractivity contribution in [3.63, 3.8) is 0 Å². The van der Waals surface area contributed by atoms with Crippen LogP contribution in [0, 0.1) is 15.9 Å². The Morgan fingerprint density at radius 1 is 1.61 bits per heavy atom. The SMILES string of the molecule is CCC(C)(Nc1c(F)cccc1[N+](=O)[O-])C(N)=O. The van der Waals surface area contributed by atoms with Gasteiger partial charge in [-0.25, -0.2) is 4.39 Å². The average Bonchev–Trinajstić information content (AvgIpc) is 2.30. The molecule has 3 N–H and O–H groups in total. The number of nitrogens with two attached hydrogens (primary N) is 1. The number of amides is 1. The Bertz CT molecular complexity index is 492. The topological polar surface area (TPSA) is 98.3 Å². The van der Waals surface area contributed by atoms with Gasteiger partial charge in [-0.15, -0.1) is 0 Å². The summed E-state index contributed by atoms with van der Waals surface area (Å²) in [6, 6.07) is 3.46. The molecule has 1 amide bonds. The quantitative estimate of drug-likeness (QED) is 0.619. The first kappa shape index (κ1) is 13.9. The highest BCUT2D eigenvalue weighted by Crippen LogP contribution is 2.30. The predicted molar refractivity (Wildman–Crippen MR) is 64.6 cm³/mol. The number of benzene rings is 1. The van der Waals surface area contributed by atoms with Crippen molar-refractivity contribution in [2.24, 2.45) is 5.73 Å². The highest BCUT2D eigenvalue weighted by atomic mass is 19.1. The first-order chi connectivity index (χ1) is 8.31. The van der Waals surface area contributed by atoms with Gasteiger partial charge in [0, 0.05) is 6.07 Å². The Morgan fingerprint density at radius 2 is 2.22 bits per heavy atom. The number of nitro groups is 1. The maximum atomic E-state index is 13.6. The number of nitrogens with one attached hydrogen (secondary N) is 1. The number of primary amides is 1. The van der Waals surface area contributed by atoms with Crippen molar-refractivity contribution in [1.29, 1.82) is 0 Å². The van der Waals surface area contributed by atoms with Crippen LogP contribution in [0.15, 0.2) is 18.2 Å². The fraction of sp³-hybridized carbons (Fsp3) is 0.364. The van der Waals surface area contributed by atoms with Gasteiger partial charge < -0.3 is 11.1 Å². The zero-order chi connectivity index (χ0) is 13.9. The van der Waals surface area contributed by atoms with E-state index in [1.807, 2.05) is 0 Å². The number of hydrogen-bond acceptors (Lipinski definition) is 4. The van der Waals surface area contributed by atoms with E-state index in [2.05, 4.69) is 5.32 Å². The predicted octanol–water partition coefficient (Wildman–Crippen LogP) is 1.80. The highest BCUT2D eigenvalue weighted by Gasteiger charge is 2.32. The van der Waals surface area contributed by atoms with E-state index in [0.29, 0.717) is 0 Å². The minimum absolute atomic E-state index is 0.272. The zero-order valence-corrected chi connectivity index (χ0v) is 10.1. The van der Waals surface area contributed by atoms with Crippen LogP contribution in [0.2, 0.25) is 0 Å². The van der Waals surface area contributed by atoms with Gasteiger partial charge in [0.05, 0.1) is 4.92 Å². The molecule has 0 aromatic heterocycles. The summed E-state index contributed by atoms with van der Waals surface area (Å²) >= 11 is 0. The number of hydrogen-bond donors (Lipinski definition) is 2. The van der Waals surface area contributed by atoms with E-state index < -0.39 is 27.9 Å². The van der Waals surface area contributed by atoms with Crippen LogP contribution in [0.1, 0.15) is 20.3 Å². The van der Waals surface area contributed by atoms with E-state index in [1.165, 1.54) is 13.0 Å². The molecule has 0 saturated heterocycles. The number of halogens is 1. The summed E-state index contributed by atoms with van der Waals surface area (Å²) in [5.41, 5.74) is 3.21. The van der Waals surface area contributed by atoms with E-state index in [1.54, 1.807) is 6.92 Å². The highest BCUT2D eigenvalue weighted by molar-refractivity contribution is 5.88. The summed E-state index contributed by atoms with van der Waals surface area (Å²) in [6.45, 7) is 3.13. The first-order valence-electron chi connectivity index (χ1n) is 5.33. The van der Waals surface area contributed by atoms with Crippen LogP contribution in [0.3, 0.4) is 0 Å². The summed E-state index contributed by atoms with van der Waals surface area (Å²) in [5, 5.41) is 13.3. The third-order valence-electron chi connectivity index (χ3n) is 2.84. The molecule has 6 nitrogen and oxygen atoms in total. The standard InChI is InChI=1S/C11H14FN3O3/c1-3-11(2,10(13)16)14-9-7(12)5-4-6-8(9)15(17)18/h4-6,14H,3H2,1-2H3,(H2,13,16). The molecule has 1 aromatic rings. The lowest BCUT2D eigenvalue weighted by Crippen LogP contribution is -2.47. The number of anilines is 1. The minimum Gasteiger partial charge on any atom is -0.368 e. The Kier molecular flexibility index (Phi) is 3.85. The minimum atomic E-state index is -1.24. The molecule has 0 aliphatic carbocycles. The first-order valence-corrected chi connectivity index (χ1v) is 5.33. The summed E-state index contributed by atoms with van der Waals surface area (Å²) in [6.07, 6.45) is 0.272. The van der Waals surface area contributed by atoms with Crippen molar-refractivity contribution in [2.45, 2.75) is 25.8 Å². The van der Waals surface area contributed by atoms with Crippen LogP contribution in [-0.4, -0.2) is 16.4 Å². The number of carbonyl (C=O) groups excluding carboxylic acids is 1. The molecule has 0 heterocycles. The number of nitrogens with zero attached hydrogens (tertiary/aromatic N) is 1. The van der Waals surface area contributed by atoms with Gasteiger partial charge in [-0.05, 0) is 19.4 Å². The maximum absolute atomic E-state index is 13.6. The number of carbonyl (C=O) groups is 1. The van der Waals surface area contributed by atoms with Gasteiger partial charge in [0.15, 0.2) is 11.5 Å². The third-order valence-corrected chi connectivity index (χ3v) is 2.84. The Morgan fingerprint density at radius 3 is 2.67 bits per heavy atom. The van der Waals surface area contributed by atoms with Crippen LogP contribution in [0.25, 0.3) is 0 Å². The van der Waals surface area contributed by atoms with Crippen molar-refractivity contribution >= 4 is 17.3 Å². The normalized spacial score (nSPS) is 13.7. The molecule has 1 atom stereocenters. The Balaban J connectivity index is 3.26. The molecule has 1 unspecified atom stereocenters. The van der Waals surface area contributed by atoms with Crippen molar-refractivity contribution in [1.82, 2.24) is 0 Å². The summed E-state index contributed by atoms with van der Waals surface area (Å²) in [5.74, 6) is -1.51. The Labute approximate surface area is 103 Å². The molecular formula is C11H14FN3O3. The van der Waals surface area contributed by atoms with Crippen LogP contribution in [-0.2, 0) is 4.79 Å². The smallest absolute Gasteiger partial charge is 0.295 e. The maximum Gasteiger partial charge on any atom is 0.295 e. The molecule has 0 fully saturated rings. The van der Waals surface area contributed by atoms with E-state index in [0.717, 1.165) is 12.1 Å². The van der Waals surface area contributed by atoms with Crippen molar-refractivity contribution < 1.29 is 14.1 Å². The number of rotatable bonds is 5. The molecule has 1 rings (SSSR count). The van der Waals surface area contributed by atoms with E-state index in [4.69, 9.17) is 5.73 Å². The van der Waals surface area contributed by atoms with E-state index >= 15 is 0 Å². The van der Waals surface area contributed by atoms with Crippen LogP contribution in [0.4, 0.5) is 15.8 Å². The van der Waals surface area contributed by atoms with Crippen LogP contribution < -0.4 is 11.1 Å². The second-order valence-corrected chi connectivity index (χ2v) is 4.07. The molecule has 0 aliphatic rings. The van der Waals surface area contributed by atoms with Crippen molar-refractivity contribution in [2.75, 3.05) is 5.32 Å². The van der Waals surface area contributed by atoms with Crippen molar-refractivity contribution in [3.8, 4) is 0 Å². The second-order valence-electron chi connectivity index (χ2n) is 4.07. The molecule has 0 bridgehead atoms. The van der Waals surface area contributed by atoms with Gasteiger partial charge in [0.25, 0.3) is 5.69 Å². The molecule has 7 heteroatoms.